The molecule has 1 fully saturated rings. The van der Waals surface area contributed by atoms with E-state index in [-0.39, 0.29) is 22.0 Å². The molecule has 1 aliphatic rings. The first-order valence-corrected chi connectivity index (χ1v) is 9.18. The predicted octanol–water partition coefficient (Wildman–Crippen LogP) is 4.89. The monoisotopic (exact) mass is 447 g/mol. The molecule has 0 aromatic heterocycles. The van der Waals surface area contributed by atoms with E-state index >= 15 is 0 Å². The third kappa shape index (κ3) is 4.01. The van der Waals surface area contributed by atoms with Gasteiger partial charge in [-0.3, -0.25) is 9.59 Å². The molecule has 3 rings (SSSR count). The summed E-state index contributed by atoms with van der Waals surface area (Å²) < 4.78 is 26.8. The Morgan fingerprint density at radius 3 is 2.46 bits per heavy atom. The van der Waals surface area contributed by atoms with Crippen molar-refractivity contribution in [1.82, 2.24) is 0 Å². The molecule has 0 heterocycles. The fourth-order valence-corrected chi connectivity index (χ4v) is 3.30. The minimum atomic E-state index is -1.10. The maximum absolute atomic E-state index is 14.0. The number of nitrogens with two attached hydrogens (primary N) is 1. The van der Waals surface area contributed by atoms with Crippen LogP contribution in [0.2, 0.25) is 5.02 Å². The molecule has 0 saturated heterocycles. The van der Waals surface area contributed by atoms with Crippen LogP contribution in [0, 0.1) is 24.5 Å². The van der Waals surface area contributed by atoms with Crippen LogP contribution in [0.15, 0.2) is 24.3 Å². The van der Waals surface area contributed by atoms with Crippen molar-refractivity contribution in [1.29, 1.82) is 0 Å². The maximum Gasteiger partial charge on any atom is 0.257 e. The van der Waals surface area contributed by atoms with E-state index in [0.717, 1.165) is 12.1 Å². The molecule has 1 atom stereocenters. The molecule has 1 saturated carbocycles. The first-order valence-electron chi connectivity index (χ1n) is 8.05. The zero-order chi connectivity index (χ0) is 20.8. The topological polar surface area (TPSA) is 84.2 Å². The zero-order valence-corrected chi connectivity index (χ0v) is 16.6. The Kier molecular flexibility index (Phi) is 5.44. The van der Waals surface area contributed by atoms with Crippen LogP contribution < -0.4 is 16.4 Å². The highest BCUT2D eigenvalue weighted by molar-refractivity contribution is 6.52. The number of amides is 2. The highest BCUT2D eigenvalue weighted by Gasteiger charge is 2.56. The Bertz CT molecular complexity index is 999. The number of hydrogen-bond donors (Lipinski definition) is 3. The number of hydrogen-bond acceptors (Lipinski definition) is 3. The molecule has 2 amide bonds. The van der Waals surface area contributed by atoms with E-state index in [9.17, 15) is 18.4 Å². The van der Waals surface area contributed by atoms with Crippen LogP contribution >= 0.6 is 34.8 Å². The van der Waals surface area contributed by atoms with Gasteiger partial charge < -0.3 is 16.4 Å². The average Bonchev–Trinajstić information content (AvgIpc) is 3.26. The fraction of sp³-hybridized carbons (Fsp3) is 0.222. The van der Waals surface area contributed by atoms with E-state index in [2.05, 4.69) is 10.6 Å². The molecule has 0 aliphatic heterocycles. The number of rotatable bonds is 4. The number of anilines is 3. The predicted molar refractivity (Wildman–Crippen MR) is 106 cm³/mol. The number of benzene rings is 2. The van der Waals surface area contributed by atoms with Crippen molar-refractivity contribution < 1.29 is 18.4 Å². The maximum atomic E-state index is 14.0. The van der Waals surface area contributed by atoms with Crippen LogP contribution in [-0.4, -0.2) is 16.1 Å². The van der Waals surface area contributed by atoms with Gasteiger partial charge in [0.1, 0.15) is 15.8 Å². The number of alkyl halides is 2. The first kappa shape index (κ1) is 20.6. The molecule has 148 valence electrons. The van der Waals surface area contributed by atoms with Gasteiger partial charge in [0.05, 0.1) is 22.2 Å². The van der Waals surface area contributed by atoms with Gasteiger partial charge in [-0.1, -0.05) is 11.6 Å². The smallest absolute Gasteiger partial charge is 0.257 e. The van der Waals surface area contributed by atoms with E-state index in [4.69, 9.17) is 40.5 Å². The quantitative estimate of drug-likeness (QED) is 0.460. The molecule has 28 heavy (non-hydrogen) atoms. The average molecular weight is 449 g/mol. The summed E-state index contributed by atoms with van der Waals surface area (Å²) in [5.74, 6) is -3.94. The van der Waals surface area contributed by atoms with E-state index in [1.165, 1.54) is 6.07 Å². The number of nitrogens with one attached hydrogen (secondary N) is 2. The van der Waals surface area contributed by atoms with E-state index < -0.39 is 39.4 Å². The summed E-state index contributed by atoms with van der Waals surface area (Å²) in [4.78, 5) is 24.7. The molecular weight excluding hydrogens is 435 g/mol. The van der Waals surface area contributed by atoms with Crippen molar-refractivity contribution in [3.8, 4) is 0 Å². The first-order chi connectivity index (χ1) is 13.0. The van der Waals surface area contributed by atoms with Gasteiger partial charge in [0.25, 0.3) is 5.91 Å². The normalized spacial score (nSPS) is 17.1. The number of halogens is 5. The summed E-state index contributed by atoms with van der Waals surface area (Å²) in [6.07, 6.45) is 0.315. The second-order valence-corrected chi connectivity index (χ2v) is 8.36. The third-order valence-electron chi connectivity index (χ3n) is 4.27. The number of nitrogen functional groups attached to an aromatic ring is 1. The third-order valence-corrected chi connectivity index (χ3v) is 5.61. The van der Waals surface area contributed by atoms with Crippen molar-refractivity contribution >= 4 is 63.7 Å². The molecular formula is C18H14Cl3F2N3O2. The molecule has 0 radical (unpaired) electrons. The van der Waals surface area contributed by atoms with Gasteiger partial charge in [0, 0.05) is 5.69 Å². The Balaban J connectivity index is 1.87. The summed E-state index contributed by atoms with van der Waals surface area (Å²) in [5, 5.41) is 4.79. The van der Waals surface area contributed by atoms with Crippen molar-refractivity contribution in [2.24, 2.45) is 5.92 Å². The summed E-state index contributed by atoms with van der Waals surface area (Å²) >= 11 is 17.9. The molecule has 1 aliphatic carbocycles. The summed E-state index contributed by atoms with van der Waals surface area (Å²) in [6, 6.07) is 4.80. The van der Waals surface area contributed by atoms with Crippen molar-refractivity contribution in [2.45, 2.75) is 17.7 Å². The zero-order valence-electron chi connectivity index (χ0n) is 14.4. The fourth-order valence-electron chi connectivity index (χ4n) is 2.60. The van der Waals surface area contributed by atoms with Crippen molar-refractivity contribution in [2.75, 3.05) is 16.4 Å². The van der Waals surface area contributed by atoms with Gasteiger partial charge >= 0.3 is 0 Å². The highest BCUT2D eigenvalue weighted by atomic mass is 35.5. The SMILES string of the molecule is Cc1cc(NC(=O)C2CC2(Cl)Cl)cc(C(=O)Nc2c(F)ccc(N)c2F)c1Cl. The largest absolute Gasteiger partial charge is 0.396 e. The van der Waals surface area contributed by atoms with Gasteiger partial charge in [-0.25, -0.2) is 8.78 Å². The lowest BCUT2D eigenvalue weighted by Crippen LogP contribution is -2.19. The molecule has 10 heteroatoms. The minimum Gasteiger partial charge on any atom is -0.396 e. The minimum absolute atomic E-state index is 0.0654. The Hall–Kier alpha value is -2.09. The van der Waals surface area contributed by atoms with Crippen molar-refractivity contribution in [3.63, 3.8) is 0 Å². The second-order valence-electron chi connectivity index (χ2n) is 6.44. The lowest BCUT2D eigenvalue weighted by atomic mass is 10.1. The molecule has 1 unspecified atom stereocenters. The molecule has 0 bridgehead atoms. The molecule has 4 N–H and O–H groups in total. The molecule has 2 aromatic carbocycles. The molecule has 0 spiro atoms. The summed E-state index contributed by atoms with van der Waals surface area (Å²) in [5.41, 5.74) is 5.04. The van der Waals surface area contributed by atoms with Crippen molar-refractivity contribution in [3.05, 3.63) is 52.0 Å². The van der Waals surface area contributed by atoms with E-state index in [0.29, 0.717) is 12.0 Å². The van der Waals surface area contributed by atoms with Gasteiger partial charge in [-0.15, -0.1) is 23.2 Å². The van der Waals surface area contributed by atoms with E-state index in [1.807, 2.05) is 0 Å². The highest BCUT2D eigenvalue weighted by Crippen LogP contribution is 2.53. The van der Waals surface area contributed by atoms with E-state index in [1.54, 1.807) is 13.0 Å². The number of carbonyl (C=O) groups is 2. The Morgan fingerprint density at radius 1 is 1.21 bits per heavy atom. The van der Waals surface area contributed by atoms with Gasteiger partial charge in [-0.2, -0.15) is 0 Å². The molecule has 2 aromatic rings. The van der Waals surface area contributed by atoms with Crippen LogP contribution in [-0.2, 0) is 4.79 Å². The lowest BCUT2D eigenvalue weighted by molar-refractivity contribution is -0.117. The van der Waals surface area contributed by atoms with Crippen LogP contribution in [0.5, 0.6) is 0 Å². The number of carbonyl (C=O) groups excluding carboxylic acids is 2. The van der Waals surface area contributed by atoms with Crippen LogP contribution in [0.3, 0.4) is 0 Å². The molecule has 5 nitrogen and oxygen atoms in total. The summed E-state index contributed by atoms with van der Waals surface area (Å²) in [7, 11) is 0. The van der Waals surface area contributed by atoms with Gasteiger partial charge in [0.2, 0.25) is 5.91 Å². The number of aryl methyl sites for hydroxylation is 1. The summed E-state index contributed by atoms with van der Waals surface area (Å²) in [6.45, 7) is 1.61. The van der Waals surface area contributed by atoms with Crippen LogP contribution in [0.4, 0.5) is 25.8 Å². The second kappa shape index (κ2) is 7.39. The Labute approximate surface area is 174 Å². The van der Waals surface area contributed by atoms with Crippen LogP contribution in [0.25, 0.3) is 0 Å². The van der Waals surface area contributed by atoms with Gasteiger partial charge in [-0.05, 0) is 43.2 Å². The standard InChI is InChI=1S/C18H14Cl3F2N3O2/c1-7-4-8(25-17(28)10-6-18(10,20)21)5-9(13(7)19)16(27)26-15-11(22)2-3-12(24)14(15)23/h2-5,10H,6,24H2,1H3,(H,25,28)(H,26,27). The lowest BCUT2D eigenvalue weighted by Gasteiger charge is -2.13. The van der Waals surface area contributed by atoms with Crippen LogP contribution in [0.1, 0.15) is 22.3 Å². The Morgan fingerprint density at radius 2 is 1.86 bits per heavy atom. The van der Waals surface area contributed by atoms with Gasteiger partial charge in [0.15, 0.2) is 5.82 Å².